The number of rotatable bonds is 2. The molecule has 2 rings (SSSR count). The van der Waals surface area contributed by atoms with Gasteiger partial charge in [-0.1, -0.05) is 38.1 Å². The van der Waals surface area contributed by atoms with E-state index in [1.54, 1.807) is 0 Å². The van der Waals surface area contributed by atoms with Crippen LogP contribution in [0.1, 0.15) is 25.3 Å². The molecule has 0 atom stereocenters. The Kier molecular flexibility index (Phi) is 2.64. The monoisotopic (exact) mass is 203 g/mol. The minimum Gasteiger partial charge on any atom is -0.193 e. The Morgan fingerprint density at radius 1 is 1.14 bits per heavy atom. The highest BCUT2D eigenvalue weighted by Crippen LogP contribution is 2.28. The maximum Gasteiger partial charge on any atom is 0.0843 e. The zero-order valence-corrected chi connectivity index (χ0v) is 9.21. The van der Waals surface area contributed by atoms with Crippen LogP contribution in [0.3, 0.4) is 0 Å². The van der Waals surface area contributed by atoms with Crippen molar-refractivity contribution in [3.63, 3.8) is 0 Å². The lowest BCUT2D eigenvalue weighted by molar-refractivity contribution is 0.868. The maximum absolute atomic E-state index is 4.37. The number of aromatic nitrogens is 1. The summed E-state index contributed by atoms with van der Waals surface area (Å²) >= 11 is 1.50. The quantitative estimate of drug-likeness (QED) is 0.720. The fraction of sp³-hybridized carbons (Fsp3) is 0.250. The smallest absolute Gasteiger partial charge is 0.0843 e. The molecule has 0 radical (unpaired) electrons. The Hall–Kier alpha value is -1.15. The van der Waals surface area contributed by atoms with Crippen molar-refractivity contribution >= 4 is 11.5 Å². The Balaban J connectivity index is 2.53. The van der Waals surface area contributed by atoms with E-state index in [1.807, 2.05) is 5.38 Å². The average Bonchev–Trinajstić information content (AvgIpc) is 2.70. The lowest BCUT2D eigenvalue weighted by Gasteiger charge is -2.10. The highest BCUT2D eigenvalue weighted by atomic mass is 32.1. The second kappa shape index (κ2) is 3.93. The van der Waals surface area contributed by atoms with Gasteiger partial charge in [0, 0.05) is 10.9 Å². The van der Waals surface area contributed by atoms with Crippen molar-refractivity contribution in [3.8, 4) is 11.3 Å². The highest BCUT2D eigenvalue weighted by Gasteiger charge is 2.08. The molecule has 0 spiro atoms. The fourth-order valence-corrected chi connectivity index (χ4v) is 2.11. The van der Waals surface area contributed by atoms with Crippen LogP contribution in [-0.4, -0.2) is 4.37 Å². The Morgan fingerprint density at radius 3 is 2.57 bits per heavy atom. The van der Waals surface area contributed by atoms with Crippen molar-refractivity contribution in [2.24, 2.45) is 0 Å². The van der Waals surface area contributed by atoms with Crippen molar-refractivity contribution in [1.82, 2.24) is 4.37 Å². The third-order valence-electron chi connectivity index (χ3n) is 2.30. The van der Waals surface area contributed by atoms with Crippen LogP contribution < -0.4 is 0 Å². The molecule has 1 heterocycles. The van der Waals surface area contributed by atoms with Crippen LogP contribution in [0.2, 0.25) is 0 Å². The standard InChI is InChI=1S/C12H13NS/c1-9(2)10-5-3-4-6-11(10)12-7-8-14-13-12/h3-9H,1-2H3. The molecular weight excluding hydrogens is 190 g/mol. The lowest BCUT2D eigenvalue weighted by atomic mass is 9.96. The summed E-state index contributed by atoms with van der Waals surface area (Å²) in [6.07, 6.45) is 0. The predicted molar refractivity (Wildman–Crippen MR) is 61.6 cm³/mol. The van der Waals surface area contributed by atoms with Gasteiger partial charge >= 0.3 is 0 Å². The summed E-state index contributed by atoms with van der Waals surface area (Å²) in [5, 5.41) is 2.02. The molecule has 0 fully saturated rings. The van der Waals surface area contributed by atoms with Gasteiger partial charge in [-0.3, -0.25) is 0 Å². The molecule has 1 aromatic heterocycles. The molecule has 1 aromatic carbocycles. The summed E-state index contributed by atoms with van der Waals surface area (Å²) in [5.41, 5.74) is 3.74. The number of hydrogen-bond donors (Lipinski definition) is 0. The summed E-state index contributed by atoms with van der Waals surface area (Å²) in [7, 11) is 0. The minimum atomic E-state index is 0.549. The maximum atomic E-state index is 4.37. The first-order valence-electron chi connectivity index (χ1n) is 4.78. The van der Waals surface area contributed by atoms with Crippen LogP contribution >= 0.6 is 11.5 Å². The van der Waals surface area contributed by atoms with Crippen molar-refractivity contribution < 1.29 is 0 Å². The topological polar surface area (TPSA) is 12.9 Å². The molecule has 72 valence electrons. The summed E-state index contributed by atoms with van der Waals surface area (Å²) in [5.74, 6) is 0.549. The van der Waals surface area contributed by atoms with Gasteiger partial charge in [-0.05, 0) is 29.1 Å². The molecule has 0 bridgehead atoms. The van der Waals surface area contributed by atoms with Gasteiger partial charge in [0.05, 0.1) is 5.69 Å². The van der Waals surface area contributed by atoms with Gasteiger partial charge in [-0.15, -0.1) is 0 Å². The second-order valence-corrected chi connectivity index (χ2v) is 4.29. The molecule has 14 heavy (non-hydrogen) atoms. The zero-order valence-electron chi connectivity index (χ0n) is 8.40. The van der Waals surface area contributed by atoms with E-state index in [0.717, 1.165) is 5.69 Å². The van der Waals surface area contributed by atoms with E-state index in [2.05, 4.69) is 48.6 Å². The molecule has 2 aromatic rings. The minimum absolute atomic E-state index is 0.549. The van der Waals surface area contributed by atoms with Gasteiger partial charge in [-0.25, -0.2) is 0 Å². The van der Waals surface area contributed by atoms with E-state index in [0.29, 0.717) is 5.92 Å². The second-order valence-electron chi connectivity index (χ2n) is 3.63. The Bertz CT molecular complexity index is 404. The Labute approximate surface area is 88.6 Å². The number of nitrogens with zero attached hydrogens (tertiary/aromatic N) is 1. The Morgan fingerprint density at radius 2 is 1.93 bits per heavy atom. The van der Waals surface area contributed by atoms with Gasteiger partial charge in [0.2, 0.25) is 0 Å². The first-order chi connectivity index (χ1) is 6.79. The van der Waals surface area contributed by atoms with Gasteiger partial charge in [0.1, 0.15) is 0 Å². The van der Waals surface area contributed by atoms with Crippen molar-refractivity contribution in [1.29, 1.82) is 0 Å². The molecule has 2 heteroatoms. The number of hydrogen-bond acceptors (Lipinski definition) is 2. The molecule has 1 nitrogen and oxygen atoms in total. The molecule has 0 amide bonds. The van der Waals surface area contributed by atoms with E-state index in [9.17, 15) is 0 Å². The summed E-state index contributed by atoms with van der Waals surface area (Å²) in [6.45, 7) is 4.43. The molecule has 0 aliphatic rings. The summed E-state index contributed by atoms with van der Waals surface area (Å²) < 4.78 is 4.37. The van der Waals surface area contributed by atoms with E-state index >= 15 is 0 Å². The molecule has 0 saturated heterocycles. The van der Waals surface area contributed by atoms with Crippen LogP contribution in [-0.2, 0) is 0 Å². The average molecular weight is 203 g/mol. The summed E-state index contributed by atoms with van der Waals surface area (Å²) in [6, 6.07) is 10.6. The third kappa shape index (κ3) is 1.70. The largest absolute Gasteiger partial charge is 0.193 e. The van der Waals surface area contributed by atoms with Gasteiger partial charge < -0.3 is 0 Å². The highest BCUT2D eigenvalue weighted by molar-refractivity contribution is 7.03. The molecule has 0 aliphatic heterocycles. The summed E-state index contributed by atoms with van der Waals surface area (Å²) in [4.78, 5) is 0. The van der Waals surface area contributed by atoms with Gasteiger partial charge in [0.15, 0.2) is 0 Å². The van der Waals surface area contributed by atoms with Crippen molar-refractivity contribution in [2.75, 3.05) is 0 Å². The molecule has 0 N–H and O–H groups in total. The van der Waals surface area contributed by atoms with E-state index in [1.165, 1.54) is 22.7 Å². The fourth-order valence-electron chi connectivity index (χ4n) is 1.59. The zero-order chi connectivity index (χ0) is 9.97. The lowest BCUT2D eigenvalue weighted by Crippen LogP contribution is -1.91. The van der Waals surface area contributed by atoms with E-state index < -0.39 is 0 Å². The van der Waals surface area contributed by atoms with Crippen LogP contribution in [0, 0.1) is 0 Å². The van der Waals surface area contributed by atoms with Crippen LogP contribution in [0.5, 0.6) is 0 Å². The van der Waals surface area contributed by atoms with Crippen LogP contribution in [0.4, 0.5) is 0 Å². The van der Waals surface area contributed by atoms with Gasteiger partial charge in [-0.2, -0.15) is 4.37 Å². The normalized spacial score (nSPS) is 10.8. The van der Waals surface area contributed by atoms with E-state index in [4.69, 9.17) is 0 Å². The first-order valence-corrected chi connectivity index (χ1v) is 5.62. The molecular formula is C12H13NS. The first kappa shape index (κ1) is 9.41. The van der Waals surface area contributed by atoms with Crippen LogP contribution in [0.15, 0.2) is 35.7 Å². The predicted octanol–water partition coefficient (Wildman–Crippen LogP) is 3.93. The van der Waals surface area contributed by atoms with Crippen molar-refractivity contribution in [2.45, 2.75) is 19.8 Å². The molecule has 0 unspecified atom stereocenters. The van der Waals surface area contributed by atoms with Crippen LogP contribution in [0.25, 0.3) is 11.3 Å². The number of benzene rings is 1. The van der Waals surface area contributed by atoms with E-state index in [-0.39, 0.29) is 0 Å². The molecule has 0 aliphatic carbocycles. The van der Waals surface area contributed by atoms with Gasteiger partial charge in [0.25, 0.3) is 0 Å². The molecule has 0 saturated carbocycles. The SMILES string of the molecule is CC(C)c1ccccc1-c1ccsn1. The third-order valence-corrected chi connectivity index (χ3v) is 2.86. The van der Waals surface area contributed by atoms with Crippen molar-refractivity contribution in [3.05, 3.63) is 41.3 Å².